The van der Waals surface area contributed by atoms with Gasteiger partial charge < -0.3 is 29.7 Å². The Balaban J connectivity index is 1.52. The lowest BCUT2D eigenvalue weighted by Crippen LogP contribution is -2.48. The third kappa shape index (κ3) is 8.32. The molecular weight excluding hydrogens is 496 g/mol. The largest absolute Gasteiger partial charge is 0.491 e. The highest BCUT2D eigenvalue weighted by Gasteiger charge is 2.30. The maximum absolute atomic E-state index is 13.6. The molecule has 2 aliphatic heterocycles. The van der Waals surface area contributed by atoms with Crippen molar-refractivity contribution in [2.24, 2.45) is 11.8 Å². The van der Waals surface area contributed by atoms with E-state index in [2.05, 4.69) is 29.4 Å². The van der Waals surface area contributed by atoms with E-state index in [4.69, 9.17) is 14.2 Å². The van der Waals surface area contributed by atoms with Gasteiger partial charge in [0.15, 0.2) is 0 Å². The van der Waals surface area contributed by atoms with Crippen LogP contribution in [0.25, 0.3) is 0 Å². The van der Waals surface area contributed by atoms with Gasteiger partial charge in [-0.1, -0.05) is 26.2 Å². The smallest absolute Gasteiger partial charge is 0.319 e. The lowest BCUT2D eigenvalue weighted by atomic mass is 9.96. The van der Waals surface area contributed by atoms with Crippen LogP contribution in [0.3, 0.4) is 0 Å². The van der Waals surface area contributed by atoms with Crippen molar-refractivity contribution in [1.29, 1.82) is 0 Å². The van der Waals surface area contributed by atoms with Gasteiger partial charge in [0, 0.05) is 64.8 Å². The number of likely N-dealkylation sites (N-methyl/N-ethyl adjacent to an activating group) is 1. The molecule has 2 fully saturated rings. The van der Waals surface area contributed by atoms with Crippen LogP contribution in [0.4, 0.5) is 10.5 Å². The first-order valence-corrected chi connectivity index (χ1v) is 14.8. The summed E-state index contributed by atoms with van der Waals surface area (Å²) in [6, 6.07) is 5.47. The first-order chi connectivity index (χ1) is 18.8. The Morgan fingerprint density at radius 1 is 1.08 bits per heavy atom. The molecule has 0 unspecified atom stereocenters. The summed E-state index contributed by atoms with van der Waals surface area (Å²) in [7, 11) is 3.52. The molecule has 1 saturated heterocycles. The van der Waals surface area contributed by atoms with Crippen molar-refractivity contribution in [2.75, 3.05) is 58.9 Å². The fourth-order valence-corrected chi connectivity index (χ4v) is 6.04. The van der Waals surface area contributed by atoms with Gasteiger partial charge in [0.1, 0.15) is 12.4 Å². The predicted octanol–water partition coefficient (Wildman–Crippen LogP) is 4.37. The Kier molecular flexibility index (Phi) is 10.9. The van der Waals surface area contributed by atoms with E-state index in [-0.39, 0.29) is 36.0 Å². The quantitative estimate of drug-likeness (QED) is 0.572. The van der Waals surface area contributed by atoms with Crippen LogP contribution in [0.15, 0.2) is 18.2 Å². The number of nitrogens with zero attached hydrogens (tertiary/aromatic N) is 2. The molecule has 0 aromatic heterocycles. The summed E-state index contributed by atoms with van der Waals surface area (Å²) >= 11 is 0. The van der Waals surface area contributed by atoms with Crippen LogP contribution in [-0.4, -0.2) is 93.5 Å². The van der Waals surface area contributed by atoms with Gasteiger partial charge in [0.25, 0.3) is 5.91 Å². The van der Waals surface area contributed by atoms with E-state index in [9.17, 15) is 9.59 Å². The number of rotatable bonds is 5. The van der Waals surface area contributed by atoms with Crippen molar-refractivity contribution < 1.29 is 23.8 Å². The number of hydrogen-bond acceptors (Lipinski definition) is 6. The zero-order valence-electron chi connectivity index (χ0n) is 24.2. The van der Waals surface area contributed by atoms with Crippen LogP contribution in [0.1, 0.15) is 69.2 Å². The summed E-state index contributed by atoms with van der Waals surface area (Å²) < 4.78 is 17.8. The molecule has 2 N–H and O–H groups in total. The Labute approximate surface area is 233 Å². The van der Waals surface area contributed by atoms with Gasteiger partial charge in [-0.3, -0.25) is 9.69 Å². The topological polar surface area (TPSA) is 92.4 Å². The average molecular weight is 545 g/mol. The van der Waals surface area contributed by atoms with E-state index in [1.165, 1.54) is 6.42 Å². The molecule has 0 radical (unpaired) electrons. The zero-order valence-corrected chi connectivity index (χ0v) is 24.2. The highest BCUT2D eigenvalue weighted by atomic mass is 16.5. The van der Waals surface area contributed by atoms with Crippen molar-refractivity contribution in [2.45, 2.75) is 77.0 Å². The molecule has 218 valence electrons. The molecule has 3 atom stereocenters. The fourth-order valence-electron chi connectivity index (χ4n) is 6.04. The molecule has 1 saturated carbocycles. The van der Waals surface area contributed by atoms with E-state index in [0.29, 0.717) is 36.1 Å². The van der Waals surface area contributed by atoms with Crippen LogP contribution in [0.5, 0.6) is 5.75 Å². The lowest BCUT2D eigenvalue weighted by molar-refractivity contribution is 0.0000228. The number of benzene rings is 1. The molecule has 3 amide bonds. The van der Waals surface area contributed by atoms with Gasteiger partial charge in [0.05, 0.1) is 11.7 Å². The molecule has 1 aliphatic carbocycles. The molecule has 9 nitrogen and oxygen atoms in total. The first-order valence-electron chi connectivity index (χ1n) is 14.8. The number of fused-ring (bicyclic) bond motifs is 1. The Morgan fingerprint density at radius 2 is 1.82 bits per heavy atom. The maximum atomic E-state index is 13.6. The molecule has 2 heterocycles. The average Bonchev–Trinajstić information content (AvgIpc) is 2.94. The number of hydrogen-bond donors (Lipinski definition) is 2. The molecule has 0 bridgehead atoms. The second-order valence-electron chi connectivity index (χ2n) is 11.8. The summed E-state index contributed by atoms with van der Waals surface area (Å²) in [6.45, 7) is 8.84. The summed E-state index contributed by atoms with van der Waals surface area (Å²) in [6.07, 6.45) is 7.60. The van der Waals surface area contributed by atoms with Gasteiger partial charge in [-0.2, -0.15) is 0 Å². The Bertz CT molecular complexity index is 947. The van der Waals surface area contributed by atoms with Crippen LogP contribution >= 0.6 is 0 Å². The van der Waals surface area contributed by atoms with Crippen molar-refractivity contribution in [1.82, 2.24) is 15.1 Å². The summed E-state index contributed by atoms with van der Waals surface area (Å²) in [4.78, 5) is 30.5. The minimum Gasteiger partial charge on any atom is -0.491 e. The monoisotopic (exact) mass is 544 g/mol. The number of urea groups is 1. The van der Waals surface area contributed by atoms with Crippen LogP contribution in [0.2, 0.25) is 0 Å². The van der Waals surface area contributed by atoms with Crippen molar-refractivity contribution in [3.05, 3.63) is 23.8 Å². The normalized spacial score (nSPS) is 26.6. The summed E-state index contributed by atoms with van der Waals surface area (Å²) in [5.41, 5.74) is 1.02. The van der Waals surface area contributed by atoms with Crippen molar-refractivity contribution >= 4 is 17.6 Å². The van der Waals surface area contributed by atoms with E-state index in [0.717, 1.165) is 64.8 Å². The standard InChI is InChI=1S/C30H48N4O5/c1-21-17-34(18-23-12-14-38-15-13-23)22(2)20-39-27-11-10-25(32-30(36)31-24-8-6-5-7-9-24)16-26(27)29(35)33(3)19-28(21)37-4/h10-11,16,21-24,28H,5-9,12-15,17-20H2,1-4H3,(H2,31,32,36)/t21-,22-,28-/m0/s1. The highest BCUT2D eigenvalue weighted by molar-refractivity contribution is 5.99. The zero-order chi connectivity index (χ0) is 27.8. The van der Waals surface area contributed by atoms with Crippen LogP contribution in [0, 0.1) is 11.8 Å². The third-order valence-electron chi connectivity index (χ3n) is 8.61. The van der Waals surface area contributed by atoms with Crippen LogP contribution in [-0.2, 0) is 9.47 Å². The highest BCUT2D eigenvalue weighted by Crippen LogP contribution is 2.27. The molecule has 39 heavy (non-hydrogen) atoms. The van der Waals surface area contributed by atoms with Crippen molar-refractivity contribution in [3.8, 4) is 5.75 Å². The minimum atomic E-state index is -0.234. The second kappa shape index (κ2) is 14.3. The SMILES string of the molecule is CO[C@H]1CN(C)C(=O)c2cc(NC(=O)NC3CCCCC3)ccc2OC[C@H](C)N(CC2CCOCC2)C[C@@H]1C. The van der Waals surface area contributed by atoms with E-state index < -0.39 is 0 Å². The predicted molar refractivity (Wildman–Crippen MR) is 152 cm³/mol. The Hall–Kier alpha value is -2.36. The number of methoxy groups -OCH3 is 1. The number of carbonyl (C=O) groups excluding carboxylic acids is 2. The van der Waals surface area contributed by atoms with Gasteiger partial charge in [-0.25, -0.2) is 4.79 Å². The van der Waals surface area contributed by atoms with Gasteiger partial charge in [-0.05, 0) is 62.6 Å². The molecule has 3 aliphatic rings. The Morgan fingerprint density at radius 3 is 2.54 bits per heavy atom. The fraction of sp³-hybridized carbons (Fsp3) is 0.733. The molecule has 9 heteroatoms. The molecular formula is C30H48N4O5. The summed E-state index contributed by atoms with van der Waals surface area (Å²) in [5, 5.41) is 6.01. The number of carbonyl (C=O) groups is 2. The van der Waals surface area contributed by atoms with Crippen molar-refractivity contribution in [3.63, 3.8) is 0 Å². The third-order valence-corrected chi connectivity index (χ3v) is 8.61. The second-order valence-corrected chi connectivity index (χ2v) is 11.8. The number of ether oxygens (including phenoxy) is 3. The first kappa shape index (κ1) is 29.6. The van der Waals surface area contributed by atoms with Crippen LogP contribution < -0.4 is 15.4 Å². The minimum absolute atomic E-state index is 0.102. The molecule has 1 aromatic rings. The lowest BCUT2D eigenvalue weighted by Gasteiger charge is -2.38. The maximum Gasteiger partial charge on any atom is 0.319 e. The number of nitrogens with one attached hydrogen (secondary N) is 2. The van der Waals surface area contributed by atoms with E-state index >= 15 is 0 Å². The molecule has 1 aromatic carbocycles. The molecule has 4 rings (SSSR count). The molecule has 0 spiro atoms. The number of amides is 3. The van der Waals surface area contributed by atoms with Gasteiger partial charge in [-0.15, -0.1) is 0 Å². The van der Waals surface area contributed by atoms with E-state index in [1.54, 1.807) is 31.2 Å². The van der Waals surface area contributed by atoms with E-state index in [1.807, 2.05) is 6.07 Å². The van der Waals surface area contributed by atoms with Gasteiger partial charge in [0.2, 0.25) is 0 Å². The summed E-state index contributed by atoms with van der Waals surface area (Å²) in [5.74, 6) is 1.21. The van der Waals surface area contributed by atoms with Gasteiger partial charge >= 0.3 is 6.03 Å². The number of anilines is 1.